The molecule has 0 aliphatic heterocycles. The summed E-state index contributed by atoms with van der Waals surface area (Å²) in [7, 11) is 3.85. The van der Waals surface area contributed by atoms with Crippen LogP contribution in [0.4, 0.5) is 5.69 Å². The van der Waals surface area contributed by atoms with Gasteiger partial charge < -0.3 is 4.90 Å². The molecule has 0 N–H and O–H groups in total. The molecule has 0 aliphatic carbocycles. The van der Waals surface area contributed by atoms with Gasteiger partial charge in [0.1, 0.15) is 5.78 Å². The highest BCUT2D eigenvalue weighted by molar-refractivity contribution is 5.92. The van der Waals surface area contributed by atoms with Crippen LogP contribution in [0, 0.1) is 29.9 Å². The van der Waals surface area contributed by atoms with Crippen LogP contribution < -0.4 is 4.90 Å². The summed E-state index contributed by atoms with van der Waals surface area (Å²) in [4.78, 5) is 21.8. The minimum absolute atomic E-state index is 0.0881. The van der Waals surface area contributed by atoms with Crippen molar-refractivity contribution in [2.75, 3.05) is 19.0 Å². The third-order valence-corrected chi connectivity index (χ3v) is 5.02. The monoisotopic (exact) mass is 422 g/mol. The molecule has 0 saturated heterocycles. The first-order chi connectivity index (χ1) is 15.1. The van der Waals surface area contributed by atoms with Gasteiger partial charge in [0, 0.05) is 37.2 Å². The van der Waals surface area contributed by atoms with Gasteiger partial charge in [-0.2, -0.15) is 0 Å². The summed E-state index contributed by atoms with van der Waals surface area (Å²) in [5.41, 5.74) is 2.93. The van der Waals surface area contributed by atoms with Crippen molar-refractivity contribution in [2.45, 2.75) is 27.2 Å². The molecule has 0 atom stereocenters. The third kappa shape index (κ3) is 5.72. The van der Waals surface area contributed by atoms with Crippen LogP contribution in [-0.4, -0.2) is 19.9 Å². The maximum atomic E-state index is 12.8. The standard InChI is InChI=1S/C27H26N4O/c1-27(2,3)25(32)17-21-15-22(31(6)7)14-13-20(21)16-23(29-4)26(24(18-28)30-5)19-11-9-8-10-12-19/h8-16H,17H2,1-3,6-7H3/b23-16?,26-24-. The highest BCUT2D eigenvalue weighted by atomic mass is 16.1. The van der Waals surface area contributed by atoms with Crippen LogP contribution in [0.15, 0.2) is 59.9 Å². The second-order valence-corrected chi connectivity index (χ2v) is 8.58. The molecule has 2 rings (SSSR count). The zero-order valence-electron chi connectivity index (χ0n) is 19.1. The van der Waals surface area contributed by atoms with Crippen molar-refractivity contribution in [3.05, 3.63) is 99.4 Å². The molecule has 0 heterocycles. The van der Waals surface area contributed by atoms with Gasteiger partial charge in [0.2, 0.25) is 0 Å². The molecule has 0 unspecified atom stereocenters. The summed E-state index contributed by atoms with van der Waals surface area (Å²) in [5, 5.41) is 9.53. The summed E-state index contributed by atoms with van der Waals surface area (Å²) < 4.78 is 0. The van der Waals surface area contributed by atoms with Gasteiger partial charge in [0.15, 0.2) is 5.70 Å². The predicted octanol–water partition coefficient (Wildman–Crippen LogP) is 6.02. The Bertz CT molecular complexity index is 1180. The van der Waals surface area contributed by atoms with Crippen LogP contribution >= 0.6 is 0 Å². The number of rotatable bonds is 6. The van der Waals surface area contributed by atoms with E-state index in [1.54, 1.807) is 30.3 Å². The molecule has 5 nitrogen and oxygen atoms in total. The van der Waals surface area contributed by atoms with Gasteiger partial charge in [0.05, 0.1) is 19.2 Å². The highest BCUT2D eigenvalue weighted by Gasteiger charge is 2.23. The molecule has 2 aromatic carbocycles. The number of allylic oxidation sites excluding steroid dienone is 2. The average Bonchev–Trinajstić information content (AvgIpc) is 2.76. The molecule has 0 aromatic heterocycles. The molecule has 0 radical (unpaired) electrons. The number of nitrogens with zero attached hydrogens (tertiary/aromatic N) is 4. The van der Waals surface area contributed by atoms with E-state index in [0.717, 1.165) is 16.8 Å². The molecule has 0 amide bonds. The summed E-state index contributed by atoms with van der Waals surface area (Å²) in [6.45, 7) is 20.9. The van der Waals surface area contributed by atoms with Crippen LogP contribution in [0.25, 0.3) is 21.3 Å². The summed E-state index contributed by atoms with van der Waals surface area (Å²) in [5.74, 6) is 0.0881. The number of benzene rings is 2. The fraction of sp³-hybridized carbons (Fsp3) is 0.259. The van der Waals surface area contributed by atoms with Gasteiger partial charge in [-0.15, -0.1) is 0 Å². The van der Waals surface area contributed by atoms with E-state index in [4.69, 9.17) is 13.1 Å². The fourth-order valence-corrected chi connectivity index (χ4v) is 3.06. The van der Waals surface area contributed by atoms with Gasteiger partial charge in [-0.3, -0.25) is 4.79 Å². The van der Waals surface area contributed by atoms with Crippen LogP contribution in [0.1, 0.15) is 37.5 Å². The van der Waals surface area contributed by atoms with Crippen LogP contribution in [0.5, 0.6) is 0 Å². The van der Waals surface area contributed by atoms with E-state index >= 15 is 0 Å². The minimum atomic E-state index is -0.495. The van der Waals surface area contributed by atoms with Gasteiger partial charge in [-0.25, -0.2) is 15.0 Å². The maximum absolute atomic E-state index is 12.8. The lowest BCUT2D eigenvalue weighted by atomic mass is 9.85. The normalized spacial score (nSPS) is 12.1. The molecule has 0 fully saturated rings. The van der Waals surface area contributed by atoms with Crippen molar-refractivity contribution < 1.29 is 4.79 Å². The number of Topliss-reactive ketones (excluding diaryl/α,β-unsaturated/α-hetero) is 1. The highest BCUT2D eigenvalue weighted by Crippen LogP contribution is 2.32. The smallest absolute Gasteiger partial charge is 0.259 e. The lowest BCUT2D eigenvalue weighted by molar-refractivity contribution is -0.125. The maximum Gasteiger partial charge on any atom is 0.259 e. The topological polar surface area (TPSA) is 52.8 Å². The lowest BCUT2D eigenvalue weighted by Crippen LogP contribution is -2.22. The SMILES string of the molecule is [C-]#[N+]C(=Cc1ccc(N(C)C)cc1CC(=O)C(C)(C)C)/C(=C(/C#N)[N+]#[C-])c1ccccc1. The fourth-order valence-electron chi connectivity index (χ4n) is 3.06. The summed E-state index contributed by atoms with van der Waals surface area (Å²) >= 11 is 0. The van der Waals surface area contributed by atoms with Crippen molar-refractivity contribution in [2.24, 2.45) is 5.41 Å². The summed E-state index contributed by atoms with van der Waals surface area (Å²) in [6, 6.07) is 16.6. The molecule has 0 spiro atoms. The van der Waals surface area contributed by atoms with Crippen LogP contribution in [0.3, 0.4) is 0 Å². The van der Waals surface area contributed by atoms with Crippen molar-refractivity contribution in [3.8, 4) is 6.07 Å². The predicted molar refractivity (Wildman–Crippen MR) is 129 cm³/mol. The van der Waals surface area contributed by atoms with Gasteiger partial charge >= 0.3 is 0 Å². The zero-order chi connectivity index (χ0) is 23.9. The first-order valence-electron chi connectivity index (χ1n) is 10.1. The Balaban J connectivity index is 2.74. The molecule has 32 heavy (non-hydrogen) atoms. The number of hydrogen-bond acceptors (Lipinski definition) is 3. The van der Waals surface area contributed by atoms with Crippen molar-refractivity contribution in [3.63, 3.8) is 0 Å². The van der Waals surface area contributed by atoms with E-state index < -0.39 is 5.41 Å². The molecular weight excluding hydrogens is 396 g/mol. The van der Waals surface area contributed by atoms with Gasteiger partial charge in [-0.1, -0.05) is 57.2 Å². The van der Waals surface area contributed by atoms with Crippen molar-refractivity contribution >= 4 is 23.1 Å². The summed E-state index contributed by atoms with van der Waals surface area (Å²) in [6.07, 6.45) is 1.89. The first-order valence-corrected chi connectivity index (χ1v) is 10.1. The molecule has 2 aromatic rings. The van der Waals surface area contributed by atoms with Crippen LogP contribution in [-0.2, 0) is 11.2 Å². The average molecular weight is 423 g/mol. The van der Waals surface area contributed by atoms with Crippen molar-refractivity contribution in [1.82, 2.24) is 0 Å². The Morgan fingerprint density at radius 3 is 2.25 bits per heavy atom. The molecular formula is C27H26N4O. The number of carbonyl (C=O) groups excluding carboxylic acids is 1. The molecule has 0 bridgehead atoms. The first kappa shape index (κ1) is 24.1. The Labute approximate surface area is 190 Å². The minimum Gasteiger partial charge on any atom is -0.378 e. The van der Waals surface area contributed by atoms with E-state index in [1.165, 1.54) is 0 Å². The largest absolute Gasteiger partial charge is 0.378 e. The third-order valence-electron chi connectivity index (χ3n) is 5.02. The van der Waals surface area contributed by atoms with Crippen molar-refractivity contribution in [1.29, 1.82) is 5.26 Å². The Hall–Kier alpha value is -4.14. The second kappa shape index (κ2) is 10.3. The number of carbonyl (C=O) groups is 1. The Kier molecular flexibility index (Phi) is 7.73. The van der Waals surface area contributed by atoms with Gasteiger partial charge in [0.25, 0.3) is 5.70 Å². The Morgan fingerprint density at radius 2 is 1.75 bits per heavy atom. The molecule has 0 aliphatic rings. The van der Waals surface area contributed by atoms with E-state index in [2.05, 4.69) is 9.69 Å². The quantitative estimate of drug-likeness (QED) is 0.325. The zero-order valence-corrected chi connectivity index (χ0v) is 19.1. The number of nitriles is 1. The molecule has 0 saturated carbocycles. The number of anilines is 1. The van der Waals surface area contributed by atoms with E-state index in [0.29, 0.717) is 11.1 Å². The van der Waals surface area contributed by atoms with E-state index in [-0.39, 0.29) is 23.6 Å². The second-order valence-electron chi connectivity index (χ2n) is 8.58. The Morgan fingerprint density at radius 1 is 1.09 bits per heavy atom. The lowest BCUT2D eigenvalue weighted by Gasteiger charge is -2.20. The molecule has 5 heteroatoms. The van der Waals surface area contributed by atoms with Gasteiger partial charge in [-0.05, 0) is 34.9 Å². The molecule has 160 valence electrons. The number of ketones is 1. The van der Waals surface area contributed by atoms with E-state index in [9.17, 15) is 10.1 Å². The van der Waals surface area contributed by atoms with Crippen LogP contribution in [0.2, 0.25) is 0 Å². The van der Waals surface area contributed by atoms with E-state index in [1.807, 2.05) is 70.1 Å². The number of hydrogen-bond donors (Lipinski definition) is 0.